The van der Waals surface area contributed by atoms with Gasteiger partial charge < -0.3 is 5.73 Å². The predicted molar refractivity (Wildman–Crippen MR) is 57.7 cm³/mol. The van der Waals surface area contributed by atoms with E-state index in [0.29, 0.717) is 6.54 Å². The van der Waals surface area contributed by atoms with Gasteiger partial charge in [-0.25, -0.2) is 0 Å². The number of rotatable bonds is 2. The van der Waals surface area contributed by atoms with Gasteiger partial charge >= 0.3 is 0 Å². The average molecular weight is 196 g/mol. The zero-order valence-electron chi connectivity index (χ0n) is 8.37. The topological polar surface area (TPSA) is 38.9 Å². The maximum atomic E-state index is 5.59. The molecule has 1 heterocycles. The Morgan fingerprint density at radius 1 is 1.46 bits per heavy atom. The van der Waals surface area contributed by atoms with Crippen molar-refractivity contribution in [3.63, 3.8) is 0 Å². The van der Waals surface area contributed by atoms with Gasteiger partial charge in [-0.1, -0.05) is 20.8 Å². The van der Waals surface area contributed by atoms with Gasteiger partial charge in [-0.3, -0.25) is 4.98 Å². The predicted octanol–water partition coefficient (Wildman–Crippen LogP) is 2.43. The molecule has 2 N–H and O–H groups in total. The van der Waals surface area contributed by atoms with E-state index in [1.807, 2.05) is 17.8 Å². The van der Waals surface area contributed by atoms with Crippen LogP contribution >= 0.6 is 11.8 Å². The molecule has 0 aliphatic carbocycles. The largest absolute Gasteiger partial charge is 0.325 e. The quantitative estimate of drug-likeness (QED) is 0.738. The molecule has 0 bridgehead atoms. The Bertz CT molecular complexity index is 278. The van der Waals surface area contributed by atoms with Crippen LogP contribution in [0.15, 0.2) is 23.2 Å². The molecule has 0 unspecified atom stereocenters. The number of thioether (sulfide) groups is 1. The molecule has 0 radical (unpaired) electrons. The zero-order valence-corrected chi connectivity index (χ0v) is 9.19. The van der Waals surface area contributed by atoms with E-state index < -0.39 is 0 Å². The Balaban J connectivity index is 2.87. The highest BCUT2D eigenvalue weighted by Gasteiger charge is 2.14. The van der Waals surface area contributed by atoms with Crippen molar-refractivity contribution < 1.29 is 0 Å². The molecule has 0 saturated heterocycles. The summed E-state index contributed by atoms with van der Waals surface area (Å²) in [5.41, 5.74) is 6.58. The highest BCUT2D eigenvalue weighted by molar-refractivity contribution is 8.00. The van der Waals surface area contributed by atoms with Gasteiger partial charge in [0.2, 0.25) is 0 Å². The number of nitrogens with two attached hydrogens (primary N) is 1. The van der Waals surface area contributed by atoms with Crippen LogP contribution in [0, 0.1) is 0 Å². The van der Waals surface area contributed by atoms with Gasteiger partial charge in [0.15, 0.2) is 0 Å². The van der Waals surface area contributed by atoms with E-state index in [2.05, 4.69) is 31.8 Å². The van der Waals surface area contributed by atoms with Gasteiger partial charge in [-0.2, -0.15) is 0 Å². The summed E-state index contributed by atoms with van der Waals surface area (Å²) >= 11 is 1.81. The van der Waals surface area contributed by atoms with Crippen LogP contribution < -0.4 is 5.73 Å². The second kappa shape index (κ2) is 4.11. The SMILES string of the molecule is CC(C)(C)Sc1cccnc1CN. The molecule has 13 heavy (non-hydrogen) atoms. The first-order valence-electron chi connectivity index (χ1n) is 4.36. The van der Waals surface area contributed by atoms with Crippen LogP contribution in [-0.2, 0) is 6.54 Å². The number of hydrogen-bond donors (Lipinski definition) is 1. The molecule has 0 fully saturated rings. The van der Waals surface area contributed by atoms with Crippen molar-refractivity contribution in [1.29, 1.82) is 0 Å². The Morgan fingerprint density at radius 2 is 2.15 bits per heavy atom. The normalized spacial score (nSPS) is 11.7. The molecule has 1 aromatic rings. The van der Waals surface area contributed by atoms with Crippen LogP contribution in [0.4, 0.5) is 0 Å². The molecule has 3 heteroatoms. The number of aromatic nitrogens is 1. The molecule has 2 nitrogen and oxygen atoms in total. The van der Waals surface area contributed by atoms with Crippen LogP contribution in [0.1, 0.15) is 26.5 Å². The maximum Gasteiger partial charge on any atom is 0.0675 e. The maximum absolute atomic E-state index is 5.59. The summed E-state index contributed by atoms with van der Waals surface area (Å²) < 4.78 is 0.215. The minimum absolute atomic E-state index is 0.215. The van der Waals surface area contributed by atoms with Gasteiger partial charge in [-0.15, -0.1) is 11.8 Å². The summed E-state index contributed by atoms with van der Waals surface area (Å²) in [4.78, 5) is 5.43. The first kappa shape index (κ1) is 10.5. The summed E-state index contributed by atoms with van der Waals surface area (Å²) in [7, 11) is 0. The van der Waals surface area contributed by atoms with Crippen molar-refractivity contribution in [2.75, 3.05) is 0 Å². The molecule has 0 aromatic carbocycles. The molecule has 0 saturated carbocycles. The monoisotopic (exact) mass is 196 g/mol. The Labute approximate surface area is 83.9 Å². The van der Waals surface area contributed by atoms with Gasteiger partial charge in [0.25, 0.3) is 0 Å². The molecular weight excluding hydrogens is 180 g/mol. The fourth-order valence-electron chi connectivity index (χ4n) is 0.999. The Morgan fingerprint density at radius 3 is 2.69 bits per heavy atom. The second-order valence-corrected chi connectivity index (χ2v) is 5.74. The van der Waals surface area contributed by atoms with E-state index in [-0.39, 0.29) is 4.75 Å². The fourth-order valence-corrected chi connectivity index (χ4v) is 2.06. The van der Waals surface area contributed by atoms with Crippen LogP contribution in [0.3, 0.4) is 0 Å². The van der Waals surface area contributed by atoms with E-state index in [1.165, 1.54) is 4.90 Å². The third-order valence-electron chi connectivity index (χ3n) is 1.46. The third kappa shape index (κ3) is 3.36. The number of pyridine rings is 1. The number of hydrogen-bond acceptors (Lipinski definition) is 3. The van der Waals surface area contributed by atoms with Crippen molar-refractivity contribution in [3.05, 3.63) is 24.0 Å². The minimum Gasteiger partial charge on any atom is -0.325 e. The molecule has 0 amide bonds. The summed E-state index contributed by atoms with van der Waals surface area (Å²) in [5, 5.41) is 0. The highest BCUT2D eigenvalue weighted by Crippen LogP contribution is 2.32. The smallest absolute Gasteiger partial charge is 0.0675 e. The fraction of sp³-hybridized carbons (Fsp3) is 0.500. The molecule has 0 atom stereocenters. The van der Waals surface area contributed by atoms with Gasteiger partial charge in [0.05, 0.1) is 5.69 Å². The van der Waals surface area contributed by atoms with Crippen molar-refractivity contribution >= 4 is 11.8 Å². The first-order valence-corrected chi connectivity index (χ1v) is 5.17. The van der Waals surface area contributed by atoms with Crippen molar-refractivity contribution in [3.8, 4) is 0 Å². The zero-order chi connectivity index (χ0) is 9.90. The van der Waals surface area contributed by atoms with E-state index in [4.69, 9.17) is 5.73 Å². The molecule has 0 aliphatic rings. The lowest BCUT2D eigenvalue weighted by Crippen LogP contribution is -2.09. The average Bonchev–Trinajstić information content (AvgIpc) is 2.02. The summed E-state index contributed by atoms with van der Waals surface area (Å²) in [6, 6.07) is 4.03. The van der Waals surface area contributed by atoms with Crippen LogP contribution in [0.25, 0.3) is 0 Å². The Kier molecular flexibility index (Phi) is 3.33. The van der Waals surface area contributed by atoms with Gasteiger partial charge in [-0.05, 0) is 12.1 Å². The standard InChI is InChI=1S/C10H16N2S/c1-10(2,3)13-9-5-4-6-12-8(9)7-11/h4-6H,7,11H2,1-3H3. The molecule has 72 valence electrons. The molecule has 1 aromatic heterocycles. The minimum atomic E-state index is 0.215. The van der Waals surface area contributed by atoms with Crippen molar-refractivity contribution in [2.45, 2.75) is 37.0 Å². The molecule has 1 rings (SSSR count). The first-order chi connectivity index (χ1) is 6.03. The van der Waals surface area contributed by atoms with E-state index in [0.717, 1.165) is 5.69 Å². The highest BCUT2D eigenvalue weighted by atomic mass is 32.2. The lowest BCUT2D eigenvalue weighted by atomic mass is 10.3. The third-order valence-corrected chi connectivity index (χ3v) is 2.66. The van der Waals surface area contributed by atoms with E-state index in [1.54, 1.807) is 6.20 Å². The summed E-state index contributed by atoms with van der Waals surface area (Å²) in [6.45, 7) is 7.07. The molecule has 0 aliphatic heterocycles. The second-order valence-electron chi connectivity index (χ2n) is 3.87. The van der Waals surface area contributed by atoms with E-state index >= 15 is 0 Å². The lowest BCUT2D eigenvalue weighted by Gasteiger charge is -2.18. The molecular formula is C10H16N2S. The van der Waals surface area contributed by atoms with Gasteiger partial charge in [0, 0.05) is 22.4 Å². The number of nitrogens with zero attached hydrogens (tertiary/aromatic N) is 1. The van der Waals surface area contributed by atoms with Gasteiger partial charge in [0.1, 0.15) is 0 Å². The summed E-state index contributed by atoms with van der Waals surface area (Å²) in [6.07, 6.45) is 1.79. The van der Waals surface area contributed by atoms with Crippen molar-refractivity contribution in [1.82, 2.24) is 4.98 Å². The molecule has 0 spiro atoms. The van der Waals surface area contributed by atoms with E-state index in [9.17, 15) is 0 Å². The Hall–Kier alpha value is -0.540. The van der Waals surface area contributed by atoms with Crippen LogP contribution in [0.2, 0.25) is 0 Å². The summed E-state index contributed by atoms with van der Waals surface area (Å²) in [5.74, 6) is 0. The lowest BCUT2D eigenvalue weighted by molar-refractivity contribution is 0.799. The van der Waals surface area contributed by atoms with Crippen molar-refractivity contribution in [2.24, 2.45) is 5.73 Å². The van der Waals surface area contributed by atoms with Crippen LogP contribution in [0.5, 0.6) is 0 Å². The van der Waals surface area contributed by atoms with Crippen LogP contribution in [-0.4, -0.2) is 9.73 Å².